The highest BCUT2D eigenvalue weighted by Crippen LogP contribution is 2.20. The van der Waals surface area contributed by atoms with Crippen molar-refractivity contribution in [2.24, 2.45) is 0 Å². The molecule has 5 nitrogen and oxygen atoms in total. The molecule has 1 saturated heterocycles. The predicted octanol–water partition coefficient (Wildman–Crippen LogP) is 0.450. The number of hydrogen-bond donors (Lipinski definition) is 2. The molecule has 1 aromatic rings. The van der Waals surface area contributed by atoms with Gasteiger partial charge in [-0.15, -0.1) is 11.3 Å². The van der Waals surface area contributed by atoms with Crippen molar-refractivity contribution >= 4 is 21.4 Å². The van der Waals surface area contributed by atoms with Gasteiger partial charge in [0.25, 0.3) is 0 Å². The molecule has 0 saturated carbocycles. The smallest absolute Gasteiger partial charge is 0.241 e. The zero-order valence-corrected chi connectivity index (χ0v) is 12.3. The van der Waals surface area contributed by atoms with Gasteiger partial charge in [-0.1, -0.05) is 0 Å². The van der Waals surface area contributed by atoms with E-state index in [2.05, 4.69) is 14.9 Å². The molecule has 0 aliphatic carbocycles. The normalized spacial score (nSPS) is 21.6. The fourth-order valence-corrected chi connectivity index (χ4v) is 4.64. The van der Waals surface area contributed by atoms with Gasteiger partial charge in [-0.25, -0.2) is 13.1 Å². The summed E-state index contributed by atoms with van der Waals surface area (Å²) < 4.78 is 27.1. The third-order valence-electron chi connectivity index (χ3n) is 3.00. The molecule has 2 rings (SSSR count). The molecule has 1 aliphatic heterocycles. The van der Waals surface area contributed by atoms with Gasteiger partial charge in [-0.05, 0) is 33.1 Å². The van der Waals surface area contributed by atoms with Crippen molar-refractivity contribution in [3.63, 3.8) is 0 Å². The van der Waals surface area contributed by atoms with Crippen LogP contribution in [0.5, 0.6) is 0 Å². The van der Waals surface area contributed by atoms with Crippen LogP contribution in [0.25, 0.3) is 0 Å². The van der Waals surface area contributed by atoms with Crippen molar-refractivity contribution in [2.75, 3.05) is 27.2 Å². The highest BCUT2D eigenvalue weighted by atomic mass is 32.2. The molecular weight excluding hydrogens is 270 g/mol. The van der Waals surface area contributed by atoms with E-state index in [1.54, 1.807) is 11.4 Å². The summed E-state index contributed by atoms with van der Waals surface area (Å²) in [6.07, 6.45) is 0.878. The van der Waals surface area contributed by atoms with Crippen molar-refractivity contribution < 1.29 is 8.42 Å². The van der Waals surface area contributed by atoms with E-state index in [-0.39, 0.29) is 6.04 Å². The summed E-state index contributed by atoms with van der Waals surface area (Å²) in [6.45, 7) is 2.43. The lowest BCUT2D eigenvalue weighted by molar-refractivity contribution is 0.407. The Morgan fingerprint density at radius 3 is 2.94 bits per heavy atom. The lowest BCUT2D eigenvalue weighted by Gasteiger charge is -2.12. The van der Waals surface area contributed by atoms with Crippen LogP contribution in [-0.2, 0) is 16.6 Å². The molecule has 2 heterocycles. The monoisotopic (exact) mass is 289 g/mol. The van der Waals surface area contributed by atoms with Gasteiger partial charge in [-0.3, -0.25) is 0 Å². The van der Waals surface area contributed by atoms with Crippen LogP contribution in [-0.4, -0.2) is 46.5 Å². The molecule has 7 heteroatoms. The van der Waals surface area contributed by atoms with Gasteiger partial charge in [0.1, 0.15) is 0 Å². The molecule has 0 amide bonds. The quantitative estimate of drug-likeness (QED) is 0.826. The van der Waals surface area contributed by atoms with Crippen LogP contribution in [0.2, 0.25) is 0 Å². The van der Waals surface area contributed by atoms with Crippen LogP contribution >= 0.6 is 11.3 Å². The van der Waals surface area contributed by atoms with Crippen molar-refractivity contribution in [3.8, 4) is 0 Å². The number of hydrogen-bond acceptors (Lipinski definition) is 5. The zero-order chi connectivity index (χ0) is 13.2. The van der Waals surface area contributed by atoms with Crippen molar-refractivity contribution in [1.29, 1.82) is 0 Å². The molecule has 1 unspecified atom stereocenters. The average molecular weight is 289 g/mol. The van der Waals surface area contributed by atoms with Gasteiger partial charge in [0.2, 0.25) is 10.0 Å². The molecule has 0 bridgehead atoms. The van der Waals surface area contributed by atoms with E-state index >= 15 is 0 Å². The van der Waals surface area contributed by atoms with Gasteiger partial charge in [-0.2, -0.15) is 0 Å². The molecule has 102 valence electrons. The van der Waals surface area contributed by atoms with E-state index < -0.39 is 10.0 Å². The summed E-state index contributed by atoms with van der Waals surface area (Å²) in [5, 5.41) is 4.72. The van der Waals surface area contributed by atoms with E-state index in [4.69, 9.17) is 0 Å². The molecule has 0 spiro atoms. The summed E-state index contributed by atoms with van der Waals surface area (Å²) in [5.41, 5.74) is 0. The van der Waals surface area contributed by atoms with Gasteiger partial charge in [0.05, 0.1) is 4.90 Å². The highest BCUT2D eigenvalue weighted by molar-refractivity contribution is 7.89. The largest absolute Gasteiger partial charge is 0.315 e. The molecular formula is C11H19N3O2S2. The number of thiophene rings is 1. The Morgan fingerprint density at radius 2 is 2.33 bits per heavy atom. The fraction of sp³-hybridized carbons (Fsp3) is 0.636. The third-order valence-corrected chi connectivity index (χ3v) is 5.59. The number of nitrogens with zero attached hydrogens (tertiary/aromatic N) is 1. The SMILES string of the molecule is CNCc1cc(S(=O)(=O)NC2CCN(C)C2)cs1. The Kier molecular flexibility index (Phi) is 4.39. The Labute approximate surface area is 112 Å². The topological polar surface area (TPSA) is 61.4 Å². The van der Waals surface area contributed by atoms with E-state index in [1.807, 2.05) is 14.1 Å². The van der Waals surface area contributed by atoms with Crippen LogP contribution < -0.4 is 10.0 Å². The lowest BCUT2D eigenvalue weighted by atomic mass is 10.3. The predicted molar refractivity (Wildman–Crippen MR) is 73.3 cm³/mol. The molecule has 1 fully saturated rings. The number of sulfonamides is 1. The first-order valence-corrected chi connectivity index (χ1v) is 8.30. The molecule has 0 aromatic carbocycles. The summed E-state index contributed by atoms with van der Waals surface area (Å²) in [6, 6.07) is 1.77. The maximum absolute atomic E-state index is 12.2. The average Bonchev–Trinajstić information content (AvgIpc) is 2.88. The number of nitrogens with one attached hydrogen (secondary N) is 2. The lowest BCUT2D eigenvalue weighted by Crippen LogP contribution is -2.36. The Hall–Kier alpha value is -0.470. The Morgan fingerprint density at radius 1 is 1.56 bits per heavy atom. The molecule has 18 heavy (non-hydrogen) atoms. The van der Waals surface area contributed by atoms with Crippen LogP contribution in [0.15, 0.2) is 16.3 Å². The Bertz CT molecular complexity index is 498. The third kappa shape index (κ3) is 3.30. The van der Waals surface area contributed by atoms with Gasteiger partial charge in [0, 0.05) is 29.4 Å². The molecule has 1 atom stereocenters. The van der Waals surface area contributed by atoms with Crippen molar-refractivity contribution in [2.45, 2.75) is 23.9 Å². The number of likely N-dealkylation sites (N-methyl/N-ethyl adjacent to an activating group) is 1. The Balaban J connectivity index is 2.05. The first-order valence-electron chi connectivity index (χ1n) is 5.94. The number of likely N-dealkylation sites (tertiary alicyclic amines) is 1. The number of rotatable bonds is 5. The minimum atomic E-state index is -3.36. The van der Waals surface area contributed by atoms with Crippen LogP contribution in [0.3, 0.4) is 0 Å². The second-order valence-corrected chi connectivity index (χ2v) is 7.36. The summed E-state index contributed by atoms with van der Waals surface area (Å²) in [5.74, 6) is 0. The van der Waals surface area contributed by atoms with E-state index in [0.717, 1.165) is 24.4 Å². The molecule has 1 aromatic heterocycles. The van der Waals surface area contributed by atoms with Gasteiger partial charge >= 0.3 is 0 Å². The van der Waals surface area contributed by atoms with E-state index in [0.29, 0.717) is 11.4 Å². The van der Waals surface area contributed by atoms with Gasteiger partial charge in [0.15, 0.2) is 0 Å². The summed E-state index contributed by atoms with van der Waals surface area (Å²) in [7, 11) is 0.493. The van der Waals surface area contributed by atoms with Crippen LogP contribution in [0.4, 0.5) is 0 Å². The van der Waals surface area contributed by atoms with Crippen LogP contribution in [0.1, 0.15) is 11.3 Å². The van der Waals surface area contributed by atoms with Gasteiger partial charge < -0.3 is 10.2 Å². The first-order chi connectivity index (χ1) is 8.51. The second kappa shape index (κ2) is 5.66. The summed E-state index contributed by atoms with van der Waals surface area (Å²) in [4.78, 5) is 3.54. The minimum absolute atomic E-state index is 0.0349. The van der Waals surface area contributed by atoms with Crippen LogP contribution in [0, 0.1) is 0 Å². The standard InChI is InChI=1S/C11H19N3O2S2/c1-12-6-10-5-11(8-17-10)18(15,16)13-9-3-4-14(2)7-9/h5,8-9,12-13H,3-4,6-7H2,1-2H3. The van der Waals surface area contributed by atoms with Crippen molar-refractivity contribution in [1.82, 2.24) is 14.9 Å². The zero-order valence-electron chi connectivity index (χ0n) is 10.6. The molecule has 2 N–H and O–H groups in total. The maximum Gasteiger partial charge on any atom is 0.241 e. The molecule has 1 aliphatic rings. The van der Waals surface area contributed by atoms with E-state index in [1.165, 1.54) is 11.3 Å². The van der Waals surface area contributed by atoms with Crippen molar-refractivity contribution in [3.05, 3.63) is 16.3 Å². The first kappa shape index (κ1) is 14.0. The summed E-state index contributed by atoms with van der Waals surface area (Å²) >= 11 is 1.47. The van der Waals surface area contributed by atoms with E-state index in [9.17, 15) is 8.42 Å². The minimum Gasteiger partial charge on any atom is -0.315 e. The second-order valence-electron chi connectivity index (χ2n) is 4.65. The molecule has 0 radical (unpaired) electrons. The maximum atomic E-state index is 12.2. The highest BCUT2D eigenvalue weighted by Gasteiger charge is 2.25. The fourth-order valence-electron chi connectivity index (χ4n) is 2.09.